The van der Waals surface area contributed by atoms with Crippen molar-refractivity contribution in [1.82, 2.24) is 4.98 Å². The van der Waals surface area contributed by atoms with Crippen molar-refractivity contribution in [3.05, 3.63) is 44.4 Å². The number of benzene rings is 1. The first-order valence-corrected chi connectivity index (χ1v) is 6.90. The zero-order valence-electron chi connectivity index (χ0n) is 11.4. The second kappa shape index (κ2) is 5.87. The van der Waals surface area contributed by atoms with Crippen LogP contribution in [0, 0.1) is 17.0 Å². The number of methoxy groups -OCH3 is 1. The topological polar surface area (TPSA) is 77.3 Å². The Kier molecular flexibility index (Phi) is 4.19. The summed E-state index contributed by atoms with van der Waals surface area (Å²) in [5.74, 6) is 0.570. The highest BCUT2D eigenvalue weighted by atomic mass is 32.1. The van der Waals surface area contributed by atoms with Gasteiger partial charge in [0.15, 0.2) is 0 Å². The van der Waals surface area contributed by atoms with Crippen LogP contribution >= 0.6 is 11.3 Å². The molecular weight excluding hydrogens is 278 g/mol. The van der Waals surface area contributed by atoms with Gasteiger partial charge in [0.2, 0.25) is 0 Å². The van der Waals surface area contributed by atoms with Crippen LogP contribution in [0.25, 0.3) is 0 Å². The van der Waals surface area contributed by atoms with Crippen molar-refractivity contribution >= 4 is 22.7 Å². The minimum absolute atomic E-state index is 0.0194. The van der Waals surface area contributed by atoms with E-state index in [0.29, 0.717) is 11.4 Å². The quantitative estimate of drug-likeness (QED) is 0.674. The second-order valence-electron chi connectivity index (χ2n) is 4.33. The Hall–Kier alpha value is -2.15. The van der Waals surface area contributed by atoms with Crippen molar-refractivity contribution in [2.24, 2.45) is 0 Å². The lowest BCUT2D eigenvalue weighted by Gasteiger charge is -2.13. The smallest absolute Gasteiger partial charge is 0.292 e. The summed E-state index contributed by atoms with van der Waals surface area (Å²) in [6.45, 7) is 3.84. The third kappa shape index (κ3) is 3.05. The van der Waals surface area contributed by atoms with Crippen LogP contribution in [0.4, 0.5) is 11.4 Å². The van der Waals surface area contributed by atoms with E-state index in [9.17, 15) is 10.1 Å². The van der Waals surface area contributed by atoms with Gasteiger partial charge >= 0.3 is 0 Å². The van der Waals surface area contributed by atoms with Gasteiger partial charge in [0.05, 0.1) is 18.1 Å². The molecule has 2 aromatic rings. The standard InChI is InChI=1S/C13H15N3O3S/c1-8-7-20-13(14-8)9(2)15-11-6-10(19-3)4-5-12(11)16(17)18/h4-7,9,15H,1-3H3. The molecule has 0 aliphatic carbocycles. The van der Waals surface area contributed by atoms with Gasteiger partial charge in [-0.1, -0.05) is 0 Å². The van der Waals surface area contributed by atoms with E-state index in [-0.39, 0.29) is 11.7 Å². The predicted molar refractivity (Wildman–Crippen MR) is 78.5 cm³/mol. The van der Waals surface area contributed by atoms with Gasteiger partial charge in [-0.25, -0.2) is 4.98 Å². The number of nitro benzene ring substituents is 1. The highest BCUT2D eigenvalue weighted by Gasteiger charge is 2.18. The van der Waals surface area contributed by atoms with E-state index >= 15 is 0 Å². The summed E-state index contributed by atoms with van der Waals surface area (Å²) >= 11 is 1.53. The average molecular weight is 293 g/mol. The van der Waals surface area contributed by atoms with Crippen LogP contribution in [0.3, 0.4) is 0 Å². The van der Waals surface area contributed by atoms with Crippen LogP contribution in [0.2, 0.25) is 0 Å². The molecule has 0 saturated carbocycles. The molecule has 0 bridgehead atoms. The van der Waals surface area contributed by atoms with Crippen molar-refractivity contribution in [1.29, 1.82) is 0 Å². The number of rotatable bonds is 5. The fourth-order valence-corrected chi connectivity index (χ4v) is 2.59. The van der Waals surface area contributed by atoms with Crippen LogP contribution in [0.1, 0.15) is 23.7 Å². The zero-order chi connectivity index (χ0) is 14.7. The molecule has 2 rings (SSSR count). The zero-order valence-corrected chi connectivity index (χ0v) is 12.2. The monoisotopic (exact) mass is 293 g/mol. The van der Waals surface area contributed by atoms with Gasteiger partial charge < -0.3 is 10.1 Å². The lowest BCUT2D eigenvalue weighted by Crippen LogP contribution is -2.08. The van der Waals surface area contributed by atoms with Crippen LogP contribution in [-0.4, -0.2) is 17.0 Å². The summed E-state index contributed by atoms with van der Waals surface area (Å²) in [6.07, 6.45) is 0. The summed E-state index contributed by atoms with van der Waals surface area (Å²) in [4.78, 5) is 15.0. The van der Waals surface area contributed by atoms with Gasteiger partial charge in [-0.2, -0.15) is 0 Å². The number of hydrogen-bond donors (Lipinski definition) is 1. The van der Waals surface area contributed by atoms with Crippen molar-refractivity contribution in [3.8, 4) is 5.75 Å². The van der Waals surface area contributed by atoms with Crippen molar-refractivity contribution in [2.75, 3.05) is 12.4 Å². The molecule has 0 saturated heterocycles. The Bertz CT molecular complexity index is 627. The number of anilines is 1. The molecule has 1 aromatic heterocycles. The molecular formula is C13H15N3O3S. The second-order valence-corrected chi connectivity index (χ2v) is 5.22. The molecule has 0 fully saturated rings. The number of nitro groups is 1. The molecule has 0 amide bonds. The summed E-state index contributed by atoms with van der Waals surface area (Å²) in [5.41, 5.74) is 1.39. The molecule has 1 heterocycles. The van der Waals surface area contributed by atoms with E-state index in [4.69, 9.17) is 4.74 Å². The predicted octanol–water partition coefficient (Wildman–Crippen LogP) is 3.54. The Morgan fingerprint density at radius 1 is 1.50 bits per heavy atom. The molecule has 106 valence electrons. The summed E-state index contributed by atoms with van der Waals surface area (Å²) < 4.78 is 5.11. The Morgan fingerprint density at radius 2 is 2.25 bits per heavy atom. The Morgan fingerprint density at radius 3 is 2.80 bits per heavy atom. The van der Waals surface area contributed by atoms with E-state index < -0.39 is 4.92 Å². The van der Waals surface area contributed by atoms with Gasteiger partial charge in [0, 0.05) is 23.2 Å². The maximum atomic E-state index is 11.1. The van der Waals surface area contributed by atoms with Crippen LogP contribution in [0.15, 0.2) is 23.6 Å². The molecule has 6 nitrogen and oxygen atoms in total. The van der Waals surface area contributed by atoms with Crippen LogP contribution < -0.4 is 10.1 Å². The summed E-state index contributed by atoms with van der Waals surface area (Å²) in [6, 6.07) is 4.51. The first kappa shape index (κ1) is 14.3. The van der Waals surface area contributed by atoms with E-state index in [1.54, 1.807) is 12.1 Å². The minimum Gasteiger partial charge on any atom is -0.497 e. The Balaban J connectivity index is 2.29. The lowest BCUT2D eigenvalue weighted by molar-refractivity contribution is -0.384. The molecule has 0 aliphatic heterocycles. The highest BCUT2D eigenvalue weighted by Crippen LogP contribution is 2.32. The molecule has 1 atom stereocenters. The Labute approximate surface area is 120 Å². The third-order valence-corrected chi connectivity index (χ3v) is 3.92. The lowest BCUT2D eigenvalue weighted by atomic mass is 10.2. The normalized spacial score (nSPS) is 11.9. The number of ether oxygens (including phenoxy) is 1. The number of nitrogens with one attached hydrogen (secondary N) is 1. The van der Waals surface area contributed by atoms with Crippen LogP contribution in [0.5, 0.6) is 5.75 Å². The fourth-order valence-electron chi connectivity index (χ4n) is 1.78. The molecule has 0 aliphatic rings. The molecule has 1 N–H and O–H groups in total. The first-order valence-electron chi connectivity index (χ1n) is 6.02. The fraction of sp³-hybridized carbons (Fsp3) is 0.308. The number of hydrogen-bond acceptors (Lipinski definition) is 6. The molecule has 1 unspecified atom stereocenters. The number of aryl methyl sites for hydroxylation is 1. The largest absolute Gasteiger partial charge is 0.497 e. The van der Waals surface area contributed by atoms with Crippen LogP contribution in [-0.2, 0) is 0 Å². The minimum atomic E-state index is -0.415. The molecule has 0 spiro atoms. The highest BCUT2D eigenvalue weighted by molar-refractivity contribution is 7.09. The third-order valence-electron chi connectivity index (χ3n) is 2.78. The van der Waals surface area contributed by atoms with E-state index in [1.165, 1.54) is 24.5 Å². The molecule has 0 radical (unpaired) electrons. The summed E-state index contributed by atoms with van der Waals surface area (Å²) in [5, 5.41) is 17.0. The van der Waals surface area contributed by atoms with Gasteiger partial charge in [-0.15, -0.1) is 11.3 Å². The van der Waals surface area contributed by atoms with Crippen molar-refractivity contribution < 1.29 is 9.66 Å². The van der Waals surface area contributed by atoms with E-state index in [0.717, 1.165) is 10.7 Å². The molecule has 1 aromatic carbocycles. The van der Waals surface area contributed by atoms with E-state index in [2.05, 4.69) is 10.3 Å². The SMILES string of the molecule is COc1ccc([N+](=O)[O-])c(NC(C)c2nc(C)cs2)c1. The van der Waals surface area contributed by atoms with E-state index in [1.807, 2.05) is 19.2 Å². The number of thiazole rings is 1. The number of nitrogens with zero attached hydrogens (tertiary/aromatic N) is 2. The maximum Gasteiger partial charge on any atom is 0.292 e. The summed E-state index contributed by atoms with van der Waals surface area (Å²) in [7, 11) is 1.53. The molecule has 20 heavy (non-hydrogen) atoms. The van der Waals surface area contributed by atoms with Gasteiger partial charge in [0.25, 0.3) is 5.69 Å². The molecule has 7 heteroatoms. The first-order chi connectivity index (χ1) is 9.51. The average Bonchev–Trinajstić information content (AvgIpc) is 2.85. The van der Waals surface area contributed by atoms with Crippen molar-refractivity contribution in [2.45, 2.75) is 19.9 Å². The maximum absolute atomic E-state index is 11.1. The van der Waals surface area contributed by atoms with Crippen molar-refractivity contribution in [3.63, 3.8) is 0 Å². The van der Waals surface area contributed by atoms with Gasteiger partial charge in [-0.3, -0.25) is 10.1 Å². The number of aromatic nitrogens is 1. The van der Waals surface area contributed by atoms with Gasteiger partial charge in [-0.05, 0) is 19.9 Å². The van der Waals surface area contributed by atoms with Gasteiger partial charge in [0.1, 0.15) is 16.4 Å².